The minimum atomic E-state index is -1.66. The van der Waals surface area contributed by atoms with Gasteiger partial charge < -0.3 is 41.3 Å². The number of carbonyl (C=O) groups excluding carboxylic acids is 9. The topological polar surface area (TPSA) is 252 Å². The number of fused-ring (bicyclic) bond motifs is 1. The van der Waals surface area contributed by atoms with Crippen molar-refractivity contribution in [3.05, 3.63) is 65.7 Å². The molecule has 2 heterocycles. The van der Waals surface area contributed by atoms with E-state index in [1.807, 2.05) is 58.0 Å². The first-order chi connectivity index (χ1) is 32.1. The molecule has 6 amide bonds. The molecule has 0 spiro atoms. The number of nitrogens with one attached hydrogen (secondary N) is 3. The minimum Gasteiger partial charge on any atom is -0.508 e. The molecule has 2 fully saturated rings. The number of aromatic hydroxyl groups is 1. The Balaban J connectivity index is 1.85. The monoisotopic (exact) mass is 945 g/mol. The third kappa shape index (κ3) is 15.7. The Hall–Kier alpha value is -6.13. The summed E-state index contributed by atoms with van der Waals surface area (Å²) in [7, 11) is 1.46. The highest BCUT2D eigenvalue weighted by Crippen LogP contribution is 2.27. The highest BCUT2D eigenvalue weighted by molar-refractivity contribution is 5.98. The van der Waals surface area contributed by atoms with Crippen LogP contribution < -0.4 is 21.7 Å². The second kappa shape index (κ2) is 25.3. The molecule has 8 atom stereocenters. The van der Waals surface area contributed by atoms with Crippen LogP contribution in [0.3, 0.4) is 0 Å². The summed E-state index contributed by atoms with van der Waals surface area (Å²) in [6.07, 6.45) is -1.15. The van der Waals surface area contributed by atoms with Gasteiger partial charge in [-0.3, -0.25) is 38.4 Å². The molecular weight excluding hydrogens is 873 g/mol. The maximum Gasteiger partial charge on any atom is 0.329 e. The number of hydrogen-bond donors (Lipinski definition) is 5. The van der Waals surface area contributed by atoms with Gasteiger partial charge in [0, 0.05) is 57.5 Å². The van der Waals surface area contributed by atoms with Crippen LogP contribution >= 0.6 is 0 Å². The number of cyclic esters (lactones) is 1. The summed E-state index contributed by atoms with van der Waals surface area (Å²) < 4.78 is 5.94. The average molecular weight is 945 g/mol. The Morgan fingerprint density at radius 1 is 0.838 bits per heavy atom. The Kier molecular flexibility index (Phi) is 20.3. The van der Waals surface area contributed by atoms with E-state index in [9.17, 15) is 48.3 Å². The highest BCUT2D eigenvalue weighted by atomic mass is 16.5. The number of amides is 6. The maximum absolute atomic E-state index is 14.8. The number of nitrogens with two attached hydrogens (primary N) is 1. The summed E-state index contributed by atoms with van der Waals surface area (Å²) in [6.45, 7) is 12.3. The molecule has 68 heavy (non-hydrogen) atoms. The zero-order valence-electron chi connectivity index (χ0n) is 40.8. The molecule has 2 aromatic rings. The molecule has 0 radical (unpaired) electrons. The molecule has 0 aromatic heterocycles. The molecule has 2 aliphatic rings. The van der Waals surface area contributed by atoms with Crippen LogP contribution in [0, 0.1) is 29.6 Å². The second-order valence-electron chi connectivity index (χ2n) is 19.7. The number of rotatable bonds is 16. The first-order valence-corrected chi connectivity index (χ1v) is 23.9. The number of likely N-dealkylation sites (N-methyl/N-ethyl adjacent to an activating group) is 1. The van der Waals surface area contributed by atoms with Crippen LogP contribution in [0.5, 0.6) is 5.75 Å². The fraction of sp³-hybridized carbons (Fsp3) is 0.588. The second-order valence-corrected chi connectivity index (χ2v) is 19.7. The van der Waals surface area contributed by atoms with Gasteiger partial charge in [-0.15, -0.1) is 0 Å². The van der Waals surface area contributed by atoms with Crippen molar-refractivity contribution in [3.8, 4) is 5.75 Å². The standard InChI is InChI=1S/C51H72N6O11/c1-29(2)23-38(59)27-35(18-21-43(52)61)46(62)55-45-32(7)68-51(67)44(31(5)6)54-47(63)41(26-34-16-19-37(58)20-17-34)56(8)49(65)36(25-33-13-10-9-11-14-33)28-42(60)40-15-12-22-57(40)50(66)39(24-30(3)4)53-48(45)64/h9-11,13-14,16-17,19-20,29-32,35-36,39-41,44-45,58H,12,15,18,21-28H2,1-8H3,(H2,52,61)(H,53,64)(H,54,63)(H,55,62)/t32-,35-,36-,39+,40-,41+,44+,45+/m1/s1. The van der Waals surface area contributed by atoms with Gasteiger partial charge in [-0.2, -0.15) is 0 Å². The molecule has 0 saturated carbocycles. The fourth-order valence-electron chi connectivity index (χ4n) is 8.94. The van der Waals surface area contributed by atoms with Gasteiger partial charge in [0.1, 0.15) is 41.8 Å². The van der Waals surface area contributed by atoms with E-state index < -0.39 is 95.5 Å². The maximum atomic E-state index is 14.8. The van der Waals surface area contributed by atoms with Crippen molar-refractivity contribution in [2.75, 3.05) is 13.6 Å². The van der Waals surface area contributed by atoms with Crippen molar-refractivity contribution >= 4 is 53.0 Å². The lowest BCUT2D eigenvalue weighted by molar-refractivity contribution is -0.158. The summed E-state index contributed by atoms with van der Waals surface area (Å²) in [5.41, 5.74) is 6.78. The van der Waals surface area contributed by atoms with E-state index >= 15 is 0 Å². The molecule has 2 aromatic carbocycles. The summed E-state index contributed by atoms with van der Waals surface area (Å²) in [6, 6.07) is 8.84. The Morgan fingerprint density at radius 2 is 1.49 bits per heavy atom. The minimum absolute atomic E-state index is 0.0137. The predicted octanol–water partition coefficient (Wildman–Crippen LogP) is 3.56. The zero-order valence-corrected chi connectivity index (χ0v) is 40.8. The van der Waals surface area contributed by atoms with Crippen LogP contribution in [-0.4, -0.2) is 118 Å². The van der Waals surface area contributed by atoms with Crippen LogP contribution in [0.15, 0.2) is 54.6 Å². The molecule has 0 unspecified atom stereocenters. The number of phenolic OH excluding ortho intramolecular Hbond substituents is 1. The number of phenols is 1. The smallest absolute Gasteiger partial charge is 0.329 e. The zero-order chi connectivity index (χ0) is 50.4. The van der Waals surface area contributed by atoms with Gasteiger partial charge in [-0.1, -0.05) is 84.0 Å². The number of primary amides is 1. The summed E-state index contributed by atoms with van der Waals surface area (Å²) in [5.74, 6) is -8.60. The molecule has 17 nitrogen and oxygen atoms in total. The van der Waals surface area contributed by atoms with Crippen LogP contribution in [0.25, 0.3) is 0 Å². The van der Waals surface area contributed by atoms with Gasteiger partial charge in [0.25, 0.3) is 0 Å². The van der Waals surface area contributed by atoms with Crippen LogP contribution in [0.1, 0.15) is 111 Å². The normalized spacial score (nSPS) is 24.1. The number of hydrogen-bond acceptors (Lipinski definition) is 11. The third-order valence-electron chi connectivity index (χ3n) is 12.6. The van der Waals surface area contributed by atoms with E-state index in [1.165, 1.54) is 35.9 Å². The summed E-state index contributed by atoms with van der Waals surface area (Å²) in [5, 5.41) is 18.3. The summed E-state index contributed by atoms with van der Waals surface area (Å²) in [4.78, 5) is 129. The molecule has 2 aliphatic heterocycles. The van der Waals surface area contributed by atoms with E-state index in [1.54, 1.807) is 26.0 Å². The summed E-state index contributed by atoms with van der Waals surface area (Å²) >= 11 is 0. The number of esters is 1. The molecule has 17 heteroatoms. The number of carbonyl (C=O) groups is 9. The van der Waals surface area contributed by atoms with Gasteiger partial charge in [-0.25, -0.2) is 4.79 Å². The molecule has 4 rings (SSSR count). The largest absolute Gasteiger partial charge is 0.508 e. The van der Waals surface area contributed by atoms with Crippen molar-refractivity contribution in [3.63, 3.8) is 0 Å². The number of ketones is 2. The van der Waals surface area contributed by atoms with Gasteiger partial charge in [0.2, 0.25) is 35.4 Å². The van der Waals surface area contributed by atoms with Gasteiger partial charge in [-0.05, 0) is 80.0 Å². The lowest BCUT2D eigenvalue weighted by atomic mass is 9.89. The van der Waals surface area contributed by atoms with Crippen LogP contribution in [0.2, 0.25) is 0 Å². The van der Waals surface area contributed by atoms with E-state index in [4.69, 9.17) is 10.5 Å². The van der Waals surface area contributed by atoms with Crippen molar-refractivity contribution in [2.45, 2.75) is 149 Å². The van der Waals surface area contributed by atoms with Gasteiger partial charge in [0.15, 0.2) is 5.78 Å². The first-order valence-electron chi connectivity index (χ1n) is 23.9. The molecular formula is C51H72N6O11. The lowest BCUT2D eigenvalue weighted by Gasteiger charge is -2.33. The predicted molar refractivity (Wildman–Crippen MR) is 253 cm³/mol. The van der Waals surface area contributed by atoms with Gasteiger partial charge in [0.05, 0.1) is 6.04 Å². The van der Waals surface area contributed by atoms with Crippen molar-refractivity contribution in [1.29, 1.82) is 0 Å². The Labute approximate surface area is 400 Å². The lowest BCUT2D eigenvalue weighted by Crippen LogP contribution is -2.60. The van der Waals surface area contributed by atoms with E-state index in [0.717, 1.165) is 5.56 Å². The third-order valence-corrected chi connectivity index (χ3v) is 12.6. The van der Waals surface area contributed by atoms with Crippen molar-refractivity contribution < 1.29 is 53.0 Å². The molecule has 0 bridgehead atoms. The Bertz CT molecular complexity index is 2110. The van der Waals surface area contributed by atoms with Crippen LogP contribution in [0.4, 0.5) is 0 Å². The number of nitrogens with zero attached hydrogens (tertiary/aromatic N) is 2. The fourth-order valence-corrected chi connectivity index (χ4v) is 8.94. The van der Waals surface area contributed by atoms with Crippen molar-refractivity contribution in [1.82, 2.24) is 25.8 Å². The van der Waals surface area contributed by atoms with E-state index in [2.05, 4.69) is 16.0 Å². The molecule has 6 N–H and O–H groups in total. The highest BCUT2D eigenvalue weighted by Gasteiger charge is 2.43. The Morgan fingerprint density at radius 3 is 2.09 bits per heavy atom. The average Bonchev–Trinajstić information content (AvgIpc) is 3.77. The molecule has 0 aliphatic carbocycles. The van der Waals surface area contributed by atoms with Crippen molar-refractivity contribution in [2.24, 2.45) is 35.3 Å². The molecule has 2 saturated heterocycles. The molecule has 372 valence electrons. The number of benzene rings is 2. The first kappa shape index (κ1) is 54.5. The van der Waals surface area contributed by atoms with Crippen LogP contribution in [-0.2, 0) is 60.7 Å². The number of ether oxygens (including phenoxy) is 1. The van der Waals surface area contributed by atoms with E-state index in [0.29, 0.717) is 18.4 Å². The van der Waals surface area contributed by atoms with E-state index in [-0.39, 0.29) is 87.1 Å². The quantitative estimate of drug-likeness (QED) is 0.152. The number of Topliss-reactive ketones (excluding diaryl/α,β-unsaturated/α-hetero) is 2. The SMILES string of the molecule is CC(C)CC(=O)C[C@@H](CCC(N)=O)C(=O)N[C@@H]1C(=O)N[C@@H](CC(C)C)C(=O)N2CCC[C@@H]2C(=O)C[C@@H](Cc2ccccc2)C(=O)N(C)[C@@H](Cc2ccc(O)cc2)C(=O)N[C@@H](C(C)C)C(=O)O[C@@H]1C. The van der Waals surface area contributed by atoms with Gasteiger partial charge >= 0.3 is 5.97 Å².